The summed E-state index contributed by atoms with van der Waals surface area (Å²) >= 11 is 0. The Balaban J connectivity index is 1.72. The quantitative estimate of drug-likeness (QED) is 0.614. The van der Waals surface area contributed by atoms with Crippen molar-refractivity contribution in [2.24, 2.45) is 0 Å². The molecule has 1 N–H and O–H groups in total. The first-order valence-corrected chi connectivity index (χ1v) is 8.69. The van der Waals surface area contributed by atoms with Crippen molar-refractivity contribution in [3.63, 3.8) is 0 Å². The molecule has 0 aliphatic rings. The molecule has 0 bridgehead atoms. The standard InChI is InChI=1S/C21H18F3N3O/c1-2-27(13-14-6-4-3-5-7-14)21(28)15-8-11-18(25-12-15)26-17-10-9-16(22)19(23)20(17)24/h3-12H,2,13H2,1H3,(H,25,26). The third-order valence-corrected chi connectivity index (χ3v) is 4.19. The minimum absolute atomic E-state index is 0.190. The van der Waals surface area contributed by atoms with Crippen LogP contribution in [-0.2, 0) is 6.54 Å². The van der Waals surface area contributed by atoms with Gasteiger partial charge >= 0.3 is 0 Å². The summed E-state index contributed by atoms with van der Waals surface area (Å²) in [4.78, 5) is 18.4. The van der Waals surface area contributed by atoms with Crippen LogP contribution in [0.2, 0.25) is 0 Å². The van der Waals surface area contributed by atoms with Gasteiger partial charge in [-0.1, -0.05) is 30.3 Å². The smallest absolute Gasteiger partial charge is 0.255 e. The maximum Gasteiger partial charge on any atom is 0.255 e. The molecule has 0 fully saturated rings. The van der Waals surface area contributed by atoms with Crippen LogP contribution in [0.3, 0.4) is 0 Å². The number of aromatic nitrogens is 1. The van der Waals surface area contributed by atoms with E-state index in [1.165, 1.54) is 12.3 Å². The van der Waals surface area contributed by atoms with Crippen LogP contribution in [-0.4, -0.2) is 22.3 Å². The van der Waals surface area contributed by atoms with E-state index in [-0.39, 0.29) is 17.4 Å². The predicted molar refractivity (Wildman–Crippen MR) is 101 cm³/mol. The maximum atomic E-state index is 13.7. The van der Waals surface area contributed by atoms with Gasteiger partial charge in [-0.05, 0) is 36.8 Å². The molecule has 28 heavy (non-hydrogen) atoms. The molecular formula is C21H18F3N3O. The molecule has 3 rings (SSSR count). The number of hydrogen-bond acceptors (Lipinski definition) is 3. The number of amides is 1. The lowest BCUT2D eigenvalue weighted by Crippen LogP contribution is -2.30. The first-order chi connectivity index (χ1) is 13.5. The fourth-order valence-corrected chi connectivity index (χ4v) is 2.67. The summed E-state index contributed by atoms with van der Waals surface area (Å²) in [6.07, 6.45) is 1.36. The highest BCUT2D eigenvalue weighted by Crippen LogP contribution is 2.23. The number of anilines is 2. The Bertz CT molecular complexity index is 963. The minimum atomic E-state index is -1.56. The van der Waals surface area contributed by atoms with Crippen molar-refractivity contribution >= 4 is 17.4 Å². The number of nitrogens with one attached hydrogen (secondary N) is 1. The van der Waals surface area contributed by atoms with Crippen molar-refractivity contribution in [1.82, 2.24) is 9.88 Å². The molecule has 144 valence electrons. The van der Waals surface area contributed by atoms with Crippen molar-refractivity contribution in [2.75, 3.05) is 11.9 Å². The summed E-state index contributed by atoms with van der Waals surface area (Å²) in [5, 5.41) is 2.57. The fourth-order valence-electron chi connectivity index (χ4n) is 2.67. The van der Waals surface area contributed by atoms with Gasteiger partial charge < -0.3 is 10.2 Å². The number of benzene rings is 2. The van der Waals surface area contributed by atoms with E-state index in [1.807, 2.05) is 37.3 Å². The van der Waals surface area contributed by atoms with Crippen molar-refractivity contribution in [3.05, 3.63) is 89.4 Å². The van der Waals surface area contributed by atoms with E-state index >= 15 is 0 Å². The number of carbonyl (C=O) groups excluding carboxylic acids is 1. The first kappa shape index (κ1) is 19.4. The third-order valence-electron chi connectivity index (χ3n) is 4.19. The molecule has 0 aliphatic heterocycles. The molecule has 0 spiro atoms. The SMILES string of the molecule is CCN(Cc1ccccc1)C(=O)c1ccc(Nc2ccc(F)c(F)c2F)nc1. The molecule has 1 aromatic heterocycles. The van der Waals surface area contributed by atoms with Gasteiger partial charge in [0.15, 0.2) is 17.5 Å². The van der Waals surface area contributed by atoms with E-state index in [0.717, 1.165) is 17.7 Å². The van der Waals surface area contributed by atoms with Crippen LogP contribution in [0, 0.1) is 17.5 Å². The van der Waals surface area contributed by atoms with E-state index in [4.69, 9.17) is 0 Å². The zero-order valence-electron chi connectivity index (χ0n) is 15.1. The molecule has 2 aromatic carbocycles. The van der Waals surface area contributed by atoms with Crippen molar-refractivity contribution < 1.29 is 18.0 Å². The summed E-state index contributed by atoms with van der Waals surface area (Å²) in [5.41, 5.74) is 1.14. The number of hydrogen-bond donors (Lipinski definition) is 1. The summed E-state index contributed by atoms with van der Waals surface area (Å²) in [5.74, 6) is -4.15. The molecule has 7 heteroatoms. The molecule has 0 aliphatic carbocycles. The topological polar surface area (TPSA) is 45.2 Å². The Morgan fingerprint density at radius 1 is 1.00 bits per heavy atom. The van der Waals surface area contributed by atoms with Crippen molar-refractivity contribution in [1.29, 1.82) is 0 Å². The van der Waals surface area contributed by atoms with E-state index in [9.17, 15) is 18.0 Å². The van der Waals surface area contributed by atoms with Gasteiger partial charge in [0.25, 0.3) is 5.91 Å². The second kappa shape index (κ2) is 8.56. The van der Waals surface area contributed by atoms with E-state index in [2.05, 4.69) is 10.3 Å². The average Bonchev–Trinajstić information content (AvgIpc) is 2.73. The predicted octanol–water partition coefficient (Wildman–Crippen LogP) is 4.90. The number of pyridine rings is 1. The van der Waals surface area contributed by atoms with Crippen molar-refractivity contribution in [3.8, 4) is 0 Å². The van der Waals surface area contributed by atoms with Crippen LogP contribution in [0.4, 0.5) is 24.7 Å². The Kier molecular flexibility index (Phi) is 5.93. The van der Waals surface area contributed by atoms with Gasteiger partial charge in [-0.3, -0.25) is 4.79 Å². The Labute approximate surface area is 160 Å². The van der Waals surface area contributed by atoms with Gasteiger partial charge in [0.05, 0.1) is 11.3 Å². The van der Waals surface area contributed by atoms with Crippen LogP contribution in [0.5, 0.6) is 0 Å². The molecule has 0 radical (unpaired) electrons. The van der Waals surface area contributed by atoms with Crippen LogP contribution in [0.25, 0.3) is 0 Å². The van der Waals surface area contributed by atoms with Gasteiger partial charge in [0.1, 0.15) is 5.82 Å². The monoisotopic (exact) mass is 385 g/mol. The molecule has 4 nitrogen and oxygen atoms in total. The van der Waals surface area contributed by atoms with Crippen LogP contribution in [0.1, 0.15) is 22.8 Å². The normalized spacial score (nSPS) is 10.6. The highest BCUT2D eigenvalue weighted by Gasteiger charge is 2.16. The Morgan fingerprint density at radius 3 is 2.39 bits per heavy atom. The molecule has 0 saturated carbocycles. The highest BCUT2D eigenvalue weighted by atomic mass is 19.2. The summed E-state index contributed by atoms with van der Waals surface area (Å²) in [6, 6.07) is 14.5. The Morgan fingerprint density at radius 2 is 1.75 bits per heavy atom. The summed E-state index contributed by atoms with van der Waals surface area (Å²) in [7, 11) is 0. The van der Waals surface area contributed by atoms with Crippen molar-refractivity contribution in [2.45, 2.75) is 13.5 Å². The van der Waals surface area contributed by atoms with Gasteiger partial charge in [0.2, 0.25) is 0 Å². The number of nitrogens with zero attached hydrogens (tertiary/aromatic N) is 2. The van der Waals surface area contributed by atoms with Gasteiger partial charge in [0, 0.05) is 19.3 Å². The van der Waals surface area contributed by atoms with E-state index in [1.54, 1.807) is 11.0 Å². The number of halogens is 3. The summed E-state index contributed by atoms with van der Waals surface area (Å²) < 4.78 is 40.1. The second-order valence-corrected chi connectivity index (χ2v) is 6.08. The molecule has 3 aromatic rings. The van der Waals surface area contributed by atoms with Gasteiger partial charge in [-0.2, -0.15) is 0 Å². The zero-order chi connectivity index (χ0) is 20.1. The maximum absolute atomic E-state index is 13.7. The zero-order valence-corrected chi connectivity index (χ0v) is 15.1. The van der Waals surface area contributed by atoms with Gasteiger partial charge in [-0.15, -0.1) is 0 Å². The van der Waals surface area contributed by atoms with E-state index in [0.29, 0.717) is 18.7 Å². The minimum Gasteiger partial charge on any atom is -0.338 e. The van der Waals surface area contributed by atoms with Crippen LogP contribution < -0.4 is 5.32 Å². The van der Waals surface area contributed by atoms with Crippen LogP contribution in [0.15, 0.2) is 60.8 Å². The lowest BCUT2D eigenvalue weighted by atomic mass is 10.2. The van der Waals surface area contributed by atoms with Crippen LogP contribution >= 0.6 is 0 Å². The molecule has 0 atom stereocenters. The lowest BCUT2D eigenvalue weighted by molar-refractivity contribution is 0.0752. The molecule has 0 saturated heterocycles. The average molecular weight is 385 g/mol. The molecule has 1 heterocycles. The highest BCUT2D eigenvalue weighted by molar-refractivity contribution is 5.94. The second-order valence-electron chi connectivity index (χ2n) is 6.08. The fraction of sp³-hybridized carbons (Fsp3) is 0.143. The number of rotatable bonds is 6. The summed E-state index contributed by atoms with van der Waals surface area (Å²) in [6.45, 7) is 2.88. The first-order valence-electron chi connectivity index (χ1n) is 8.69. The molecular weight excluding hydrogens is 367 g/mol. The van der Waals surface area contributed by atoms with Gasteiger partial charge in [-0.25, -0.2) is 18.2 Å². The molecule has 0 unspecified atom stereocenters. The number of carbonyl (C=O) groups is 1. The largest absolute Gasteiger partial charge is 0.338 e. The third kappa shape index (κ3) is 4.31. The molecule has 1 amide bonds. The lowest BCUT2D eigenvalue weighted by Gasteiger charge is -2.21. The Hall–Kier alpha value is -3.35. The van der Waals surface area contributed by atoms with E-state index < -0.39 is 17.5 Å².